The average Bonchev–Trinajstić information content (AvgIpc) is 3.25. The molecule has 0 aliphatic carbocycles. The highest BCUT2D eigenvalue weighted by atomic mass is 32.2. The third-order valence-electron chi connectivity index (χ3n) is 3.10. The monoisotopic (exact) mass is 345 g/mol. The fraction of sp³-hybridized carbons (Fsp3) is 0.188. The average molecular weight is 345 g/mol. The lowest BCUT2D eigenvalue weighted by Crippen LogP contribution is -2.27. The van der Waals surface area contributed by atoms with Crippen molar-refractivity contribution in [1.82, 2.24) is 15.5 Å². The molecule has 1 atom stereocenters. The van der Waals surface area contributed by atoms with Crippen LogP contribution in [0.1, 0.15) is 17.8 Å². The van der Waals surface area contributed by atoms with E-state index in [0.29, 0.717) is 11.1 Å². The van der Waals surface area contributed by atoms with Crippen LogP contribution in [0, 0.1) is 0 Å². The lowest BCUT2D eigenvalue weighted by molar-refractivity contribution is -0.119. The minimum absolute atomic E-state index is 0.00525. The minimum Gasteiger partial charge on any atom is -0.411 e. The Morgan fingerprint density at radius 2 is 2.09 bits per heavy atom. The van der Waals surface area contributed by atoms with Crippen LogP contribution in [0.5, 0.6) is 0 Å². The number of carbonyl (C=O) groups excluding carboxylic acids is 1. The standard InChI is InChI=1S/C16H15N3O2S2/c1-11(13-8-5-9-22-13)17-14(20)10-23-16-19-18-15(21-16)12-6-3-2-4-7-12/h2-9,11H,10H2,1H3,(H,17,20)/t11-/m0/s1. The van der Waals surface area contributed by atoms with E-state index in [9.17, 15) is 4.79 Å². The summed E-state index contributed by atoms with van der Waals surface area (Å²) in [7, 11) is 0. The third-order valence-corrected chi connectivity index (χ3v) is 4.97. The molecule has 1 amide bonds. The van der Waals surface area contributed by atoms with Gasteiger partial charge in [-0.1, -0.05) is 36.0 Å². The molecule has 118 valence electrons. The van der Waals surface area contributed by atoms with E-state index in [2.05, 4.69) is 15.5 Å². The number of hydrogen-bond acceptors (Lipinski definition) is 6. The summed E-state index contributed by atoms with van der Waals surface area (Å²) in [5.74, 6) is 0.641. The maximum atomic E-state index is 12.0. The van der Waals surface area contributed by atoms with Crippen LogP contribution in [0.15, 0.2) is 57.5 Å². The Morgan fingerprint density at radius 1 is 1.26 bits per heavy atom. The molecule has 23 heavy (non-hydrogen) atoms. The Morgan fingerprint density at radius 3 is 2.83 bits per heavy atom. The molecule has 1 N–H and O–H groups in total. The molecule has 0 unspecified atom stereocenters. The van der Waals surface area contributed by atoms with Gasteiger partial charge in [-0.05, 0) is 30.5 Å². The van der Waals surface area contributed by atoms with Crippen LogP contribution >= 0.6 is 23.1 Å². The molecule has 0 radical (unpaired) electrons. The van der Waals surface area contributed by atoms with E-state index < -0.39 is 0 Å². The largest absolute Gasteiger partial charge is 0.411 e. The molecule has 0 saturated heterocycles. The van der Waals surface area contributed by atoms with Crippen LogP contribution in [0.2, 0.25) is 0 Å². The van der Waals surface area contributed by atoms with Gasteiger partial charge >= 0.3 is 0 Å². The highest BCUT2D eigenvalue weighted by Gasteiger charge is 2.13. The summed E-state index contributed by atoms with van der Waals surface area (Å²) in [6, 6.07) is 13.5. The summed E-state index contributed by atoms with van der Waals surface area (Å²) in [4.78, 5) is 13.1. The molecule has 0 bridgehead atoms. The van der Waals surface area contributed by atoms with Gasteiger partial charge in [0.2, 0.25) is 11.8 Å². The molecule has 0 fully saturated rings. The molecule has 0 spiro atoms. The third kappa shape index (κ3) is 4.20. The molecule has 0 aliphatic heterocycles. The fourth-order valence-corrected chi connectivity index (χ4v) is 3.29. The van der Waals surface area contributed by atoms with Crippen molar-refractivity contribution in [2.24, 2.45) is 0 Å². The van der Waals surface area contributed by atoms with Crippen molar-refractivity contribution in [3.8, 4) is 11.5 Å². The number of amides is 1. The van der Waals surface area contributed by atoms with Gasteiger partial charge in [0, 0.05) is 10.4 Å². The summed E-state index contributed by atoms with van der Waals surface area (Å²) in [5, 5.41) is 13.3. The lowest BCUT2D eigenvalue weighted by Gasteiger charge is -2.11. The second-order valence-corrected chi connectivity index (χ2v) is 6.74. The van der Waals surface area contributed by atoms with Gasteiger partial charge in [-0.25, -0.2) is 0 Å². The van der Waals surface area contributed by atoms with Crippen LogP contribution < -0.4 is 5.32 Å². The van der Waals surface area contributed by atoms with Crippen LogP contribution in [0.4, 0.5) is 0 Å². The Kier molecular flexibility index (Phi) is 5.09. The van der Waals surface area contributed by atoms with Crippen molar-refractivity contribution < 1.29 is 9.21 Å². The van der Waals surface area contributed by atoms with Gasteiger partial charge in [0.1, 0.15) is 0 Å². The summed E-state index contributed by atoms with van der Waals surface area (Å²) < 4.78 is 5.56. The summed E-state index contributed by atoms with van der Waals surface area (Å²) in [6.07, 6.45) is 0. The number of rotatable bonds is 6. The van der Waals surface area contributed by atoms with Gasteiger partial charge in [0.05, 0.1) is 11.8 Å². The van der Waals surface area contributed by atoms with E-state index in [-0.39, 0.29) is 17.7 Å². The maximum Gasteiger partial charge on any atom is 0.277 e. The molecule has 2 heterocycles. The quantitative estimate of drug-likeness (QED) is 0.689. The van der Waals surface area contributed by atoms with Crippen LogP contribution in [-0.2, 0) is 4.79 Å². The fourth-order valence-electron chi connectivity index (χ4n) is 1.98. The first-order valence-electron chi connectivity index (χ1n) is 7.07. The highest BCUT2D eigenvalue weighted by Crippen LogP contribution is 2.23. The zero-order valence-electron chi connectivity index (χ0n) is 12.4. The molecule has 5 nitrogen and oxygen atoms in total. The molecular formula is C16H15N3O2S2. The minimum atomic E-state index is -0.0599. The molecule has 7 heteroatoms. The smallest absolute Gasteiger partial charge is 0.277 e. The number of benzene rings is 1. The Labute approximate surface area is 142 Å². The molecule has 0 saturated carbocycles. The van der Waals surface area contributed by atoms with Gasteiger partial charge in [0.25, 0.3) is 5.22 Å². The van der Waals surface area contributed by atoms with E-state index >= 15 is 0 Å². The van der Waals surface area contributed by atoms with Crippen molar-refractivity contribution >= 4 is 29.0 Å². The normalized spacial score (nSPS) is 12.0. The van der Waals surface area contributed by atoms with Gasteiger partial charge in [-0.2, -0.15) is 0 Å². The molecule has 2 aromatic heterocycles. The van der Waals surface area contributed by atoms with E-state index in [4.69, 9.17) is 4.42 Å². The Hall–Kier alpha value is -2.12. The number of thioether (sulfide) groups is 1. The Bertz CT molecular complexity index is 757. The first-order chi connectivity index (χ1) is 11.2. The number of carbonyl (C=O) groups is 1. The number of nitrogens with zero attached hydrogens (tertiary/aromatic N) is 2. The second kappa shape index (κ2) is 7.43. The topological polar surface area (TPSA) is 68.0 Å². The van der Waals surface area contributed by atoms with Crippen LogP contribution in [-0.4, -0.2) is 21.9 Å². The first-order valence-corrected chi connectivity index (χ1v) is 8.93. The predicted octanol–water partition coefficient (Wildman–Crippen LogP) is 3.77. The number of hydrogen-bond donors (Lipinski definition) is 1. The second-order valence-electron chi connectivity index (χ2n) is 4.83. The summed E-state index contributed by atoms with van der Waals surface area (Å²) in [5.41, 5.74) is 0.864. The van der Waals surface area contributed by atoms with Crippen molar-refractivity contribution in [3.63, 3.8) is 0 Å². The number of nitrogens with one attached hydrogen (secondary N) is 1. The predicted molar refractivity (Wildman–Crippen MR) is 91.3 cm³/mol. The highest BCUT2D eigenvalue weighted by molar-refractivity contribution is 7.99. The zero-order valence-corrected chi connectivity index (χ0v) is 14.1. The van der Waals surface area contributed by atoms with Crippen molar-refractivity contribution in [2.75, 3.05) is 5.75 Å². The lowest BCUT2D eigenvalue weighted by atomic mass is 10.2. The SMILES string of the molecule is C[C@H](NC(=O)CSc1nnc(-c2ccccc2)o1)c1cccs1. The van der Waals surface area contributed by atoms with Gasteiger partial charge in [-0.15, -0.1) is 21.5 Å². The number of thiophene rings is 1. The van der Waals surface area contributed by atoms with Gasteiger partial charge < -0.3 is 9.73 Å². The maximum absolute atomic E-state index is 12.0. The zero-order chi connectivity index (χ0) is 16.1. The number of aromatic nitrogens is 2. The van der Waals surface area contributed by atoms with Gasteiger partial charge in [-0.3, -0.25) is 4.79 Å². The Balaban J connectivity index is 1.52. The molecule has 1 aromatic carbocycles. The van der Waals surface area contributed by atoms with Gasteiger partial charge in [0.15, 0.2) is 0 Å². The van der Waals surface area contributed by atoms with Crippen LogP contribution in [0.3, 0.4) is 0 Å². The van der Waals surface area contributed by atoms with Crippen molar-refractivity contribution in [2.45, 2.75) is 18.2 Å². The van der Waals surface area contributed by atoms with E-state index in [1.807, 2.05) is 54.8 Å². The summed E-state index contributed by atoms with van der Waals surface area (Å²) in [6.45, 7) is 1.97. The molecule has 3 rings (SSSR count). The van der Waals surface area contributed by atoms with Crippen molar-refractivity contribution in [1.29, 1.82) is 0 Å². The summed E-state index contributed by atoms with van der Waals surface area (Å²) >= 11 is 2.86. The molecule has 3 aromatic rings. The molecular weight excluding hydrogens is 330 g/mol. The van der Waals surface area contributed by atoms with E-state index in [0.717, 1.165) is 10.4 Å². The molecule has 0 aliphatic rings. The van der Waals surface area contributed by atoms with Crippen molar-refractivity contribution in [3.05, 3.63) is 52.7 Å². The first kappa shape index (κ1) is 15.8. The van der Waals surface area contributed by atoms with E-state index in [1.54, 1.807) is 11.3 Å². The van der Waals surface area contributed by atoms with E-state index in [1.165, 1.54) is 11.8 Å². The van der Waals surface area contributed by atoms with Crippen LogP contribution in [0.25, 0.3) is 11.5 Å².